The second-order valence-corrected chi connectivity index (χ2v) is 8.06. The second kappa shape index (κ2) is 8.60. The van der Waals surface area contributed by atoms with E-state index in [0.717, 1.165) is 32.1 Å². The number of fused-ring (bicyclic) bond motifs is 2. The van der Waals surface area contributed by atoms with Crippen LogP contribution < -0.4 is 0 Å². The number of amides is 1. The first-order valence-electron chi connectivity index (χ1n) is 9.57. The summed E-state index contributed by atoms with van der Waals surface area (Å²) in [7, 11) is 0. The number of hydrogen-bond donors (Lipinski definition) is 0. The van der Waals surface area contributed by atoms with Crippen molar-refractivity contribution in [2.45, 2.75) is 103 Å². The molecule has 0 aromatic rings. The summed E-state index contributed by atoms with van der Waals surface area (Å²) in [6.45, 7) is 8.01. The molecule has 24 heavy (non-hydrogen) atoms. The normalized spacial score (nSPS) is 23.2. The molecule has 0 spiro atoms. The van der Waals surface area contributed by atoms with E-state index < -0.39 is 5.60 Å². The first kappa shape index (κ1) is 18.9. The van der Waals surface area contributed by atoms with E-state index in [1.165, 1.54) is 31.3 Å². The lowest BCUT2D eigenvalue weighted by molar-refractivity contribution is -0.00146. The number of carbonyl (C=O) groups is 1. The Morgan fingerprint density at radius 2 is 2.08 bits per heavy atom. The average molecular weight is 332 g/mol. The van der Waals surface area contributed by atoms with E-state index in [1.807, 2.05) is 25.7 Å². The zero-order chi connectivity index (χ0) is 17.6. The maximum Gasteiger partial charge on any atom is 0.411 e. The van der Waals surface area contributed by atoms with Gasteiger partial charge in [-0.3, -0.25) is 4.90 Å². The summed E-state index contributed by atoms with van der Waals surface area (Å²) in [4.78, 5) is 14.5. The summed E-state index contributed by atoms with van der Waals surface area (Å²) in [5.74, 6) is 6.63. The second-order valence-electron chi connectivity index (χ2n) is 8.06. The number of unbranched alkanes of at least 4 members (excludes halogenated alkanes) is 3. The number of rotatable bonds is 4. The fraction of sp³-hybridized carbons (Fsp3) is 0.762. The number of ether oxygens (including phenoxy) is 1. The van der Waals surface area contributed by atoms with Crippen LogP contribution in [-0.4, -0.2) is 28.7 Å². The quantitative estimate of drug-likeness (QED) is 0.389. The third kappa shape index (κ3) is 5.58. The summed E-state index contributed by atoms with van der Waals surface area (Å²) in [6, 6.07) is 0.490. The molecular weight excluding hydrogens is 298 g/mol. The van der Waals surface area contributed by atoms with Crippen LogP contribution in [0, 0.1) is 11.8 Å². The van der Waals surface area contributed by atoms with Crippen molar-refractivity contribution in [2.75, 3.05) is 0 Å². The van der Waals surface area contributed by atoms with Gasteiger partial charge in [-0.15, -0.1) is 5.92 Å². The first-order valence-corrected chi connectivity index (χ1v) is 9.57. The molecule has 0 aromatic heterocycles. The van der Waals surface area contributed by atoms with Gasteiger partial charge in [0.2, 0.25) is 0 Å². The van der Waals surface area contributed by atoms with Crippen LogP contribution >= 0.6 is 0 Å². The molecule has 2 rings (SSSR count). The molecule has 3 nitrogen and oxygen atoms in total. The molecule has 2 atom stereocenters. The van der Waals surface area contributed by atoms with Gasteiger partial charge in [-0.05, 0) is 52.9 Å². The Labute approximate surface area is 147 Å². The summed E-state index contributed by atoms with van der Waals surface area (Å²) in [5, 5.41) is 0. The van der Waals surface area contributed by atoms with Gasteiger partial charge in [-0.2, -0.15) is 0 Å². The van der Waals surface area contributed by atoms with Crippen molar-refractivity contribution in [1.29, 1.82) is 0 Å². The molecule has 0 N–H and O–H groups in total. The van der Waals surface area contributed by atoms with Crippen molar-refractivity contribution < 1.29 is 9.53 Å². The Balaban J connectivity index is 1.95. The molecule has 0 aromatic carbocycles. The summed E-state index contributed by atoms with van der Waals surface area (Å²) in [5.41, 5.74) is 0.979. The van der Waals surface area contributed by atoms with Gasteiger partial charge in [0.25, 0.3) is 0 Å². The fourth-order valence-electron chi connectivity index (χ4n) is 3.58. The lowest BCUT2D eigenvalue weighted by Crippen LogP contribution is -2.53. The topological polar surface area (TPSA) is 29.5 Å². The van der Waals surface area contributed by atoms with Crippen LogP contribution in [0.2, 0.25) is 0 Å². The molecule has 1 amide bonds. The van der Waals surface area contributed by atoms with Crippen LogP contribution in [0.5, 0.6) is 0 Å². The van der Waals surface area contributed by atoms with Crippen LogP contribution in [0.3, 0.4) is 0 Å². The van der Waals surface area contributed by atoms with Gasteiger partial charge in [0, 0.05) is 18.9 Å². The van der Waals surface area contributed by atoms with Gasteiger partial charge in [0.1, 0.15) is 5.60 Å². The third-order valence-electron chi connectivity index (χ3n) is 4.66. The Morgan fingerprint density at radius 3 is 2.75 bits per heavy atom. The van der Waals surface area contributed by atoms with Crippen molar-refractivity contribution in [1.82, 2.24) is 4.90 Å². The van der Waals surface area contributed by atoms with Crippen molar-refractivity contribution in [3.63, 3.8) is 0 Å². The largest absolute Gasteiger partial charge is 0.444 e. The number of hydrogen-bond acceptors (Lipinski definition) is 2. The zero-order valence-corrected chi connectivity index (χ0v) is 15.9. The van der Waals surface area contributed by atoms with Gasteiger partial charge >= 0.3 is 6.09 Å². The molecule has 2 aliphatic rings. The lowest BCUT2D eigenvalue weighted by Gasteiger charge is -2.45. The van der Waals surface area contributed by atoms with Crippen molar-refractivity contribution in [2.24, 2.45) is 0 Å². The zero-order valence-electron chi connectivity index (χ0n) is 15.9. The Bertz CT molecular complexity index is 518. The molecule has 2 aliphatic heterocycles. The van der Waals surface area contributed by atoms with Crippen molar-refractivity contribution in [3.8, 4) is 11.8 Å². The average Bonchev–Trinajstić information content (AvgIpc) is 2.48. The Hall–Kier alpha value is -1.43. The highest BCUT2D eigenvalue weighted by molar-refractivity contribution is 5.70. The van der Waals surface area contributed by atoms with E-state index in [0.29, 0.717) is 6.04 Å². The van der Waals surface area contributed by atoms with E-state index in [2.05, 4.69) is 24.8 Å². The van der Waals surface area contributed by atoms with Crippen LogP contribution in [0.1, 0.15) is 85.5 Å². The van der Waals surface area contributed by atoms with Gasteiger partial charge in [0.15, 0.2) is 0 Å². The lowest BCUT2D eigenvalue weighted by atomic mass is 9.84. The predicted molar refractivity (Wildman–Crippen MR) is 98.7 cm³/mol. The maximum atomic E-state index is 12.5. The molecule has 0 saturated carbocycles. The number of nitrogens with zero attached hydrogens (tertiary/aromatic N) is 1. The van der Waals surface area contributed by atoms with E-state index in [1.54, 1.807) is 0 Å². The molecular formula is C21H33NO2. The SMILES string of the molecule is CCCCCC#CCC1=CC2CCCC(C1)N2C(=O)OC(C)(C)C. The van der Waals surface area contributed by atoms with Gasteiger partial charge in [-0.25, -0.2) is 4.79 Å². The Kier molecular flexibility index (Phi) is 6.78. The van der Waals surface area contributed by atoms with Crippen LogP contribution in [0.4, 0.5) is 4.79 Å². The minimum Gasteiger partial charge on any atom is -0.444 e. The molecule has 3 heteroatoms. The summed E-state index contributed by atoms with van der Waals surface area (Å²) in [6.07, 6.45) is 12.0. The first-order chi connectivity index (χ1) is 11.4. The number of carbonyl (C=O) groups excluding carboxylic acids is 1. The predicted octanol–water partition coefficient (Wildman–Crippen LogP) is 5.45. The third-order valence-corrected chi connectivity index (χ3v) is 4.66. The number of piperidine rings is 1. The van der Waals surface area contributed by atoms with Crippen LogP contribution in [0.25, 0.3) is 0 Å². The van der Waals surface area contributed by atoms with Gasteiger partial charge < -0.3 is 4.74 Å². The van der Waals surface area contributed by atoms with E-state index in [-0.39, 0.29) is 12.1 Å². The molecule has 2 unspecified atom stereocenters. The van der Waals surface area contributed by atoms with Crippen LogP contribution in [0.15, 0.2) is 11.6 Å². The summed E-state index contributed by atoms with van der Waals surface area (Å²) >= 11 is 0. The van der Waals surface area contributed by atoms with Gasteiger partial charge in [-0.1, -0.05) is 37.3 Å². The minimum absolute atomic E-state index is 0.154. The molecule has 134 valence electrons. The molecule has 2 heterocycles. The highest BCUT2D eigenvalue weighted by atomic mass is 16.6. The van der Waals surface area contributed by atoms with Crippen LogP contribution in [-0.2, 0) is 4.74 Å². The molecule has 0 aliphatic carbocycles. The summed E-state index contributed by atoms with van der Waals surface area (Å²) < 4.78 is 5.61. The standard InChI is InChI=1S/C21H33NO2/c1-5-6-7-8-9-10-12-17-15-18-13-11-14-19(16-17)22(18)20(23)24-21(2,3)4/h15,18-19H,5-8,11-14,16H2,1-4H3. The van der Waals surface area contributed by atoms with E-state index in [9.17, 15) is 4.79 Å². The van der Waals surface area contributed by atoms with E-state index >= 15 is 0 Å². The molecule has 1 fully saturated rings. The van der Waals surface area contributed by atoms with E-state index in [4.69, 9.17) is 4.74 Å². The molecule has 0 radical (unpaired) electrons. The molecule has 2 bridgehead atoms. The van der Waals surface area contributed by atoms with Gasteiger partial charge in [0.05, 0.1) is 6.04 Å². The van der Waals surface area contributed by atoms with Crippen molar-refractivity contribution >= 4 is 6.09 Å². The highest BCUT2D eigenvalue weighted by Gasteiger charge is 2.38. The monoisotopic (exact) mass is 331 g/mol. The minimum atomic E-state index is -0.431. The maximum absolute atomic E-state index is 12.5. The van der Waals surface area contributed by atoms with Crippen molar-refractivity contribution in [3.05, 3.63) is 11.6 Å². The smallest absolute Gasteiger partial charge is 0.411 e. The highest BCUT2D eigenvalue weighted by Crippen LogP contribution is 2.35. The molecule has 1 saturated heterocycles. The fourth-order valence-corrected chi connectivity index (χ4v) is 3.58. The Morgan fingerprint density at radius 1 is 1.29 bits per heavy atom.